The van der Waals surface area contributed by atoms with Crippen LogP contribution in [0, 0.1) is 0 Å². The Labute approximate surface area is 386 Å². The standard InChI is InChI=1S/C45H53Cl3N4O12/c1-3-4-14-23-59-42-36(50-44(56)45(46,47)48)41(63-35(54)22-21-29(2)53)39(34(62-42)28-58-25-31-17-10-6-11-18-31)64-43-37(51-52-49)40(60-26-32-19-12-7-13-20-32)38(55)33(61-43)27-57-24-30-15-8-5-9-16-30/h3,5-13,15-20,33-34,36-43,55H,1,4,14,21-28H2,2H3,(H,50,56)/t33-,34-,36-,37+,38-,39-,40-,41-,42-,43+/m1/s1. The van der Waals surface area contributed by atoms with Gasteiger partial charge in [0, 0.05) is 11.3 Å². The quantitative estimate of drug-likeness (QED) is 0.0177. The molecule has 0 aliphatic carbocycles. The van der Waals surface area contributed by atoms with Crippen molar-refractivity contribution < 1.29 is 57.4 Å². The van der Waals surface area contributed by atoms with Gasteiger partial charge in [-0.3, -0.25) is 9.59 Å². The number of hydrogen-bond acceptors (Lipinski definition) is 13. The number of carbonyl (C=O) groups is 3. The number of alkyl halides is 3. The Balaban J connectivity index is 1.56. The number of ether oxygens (including phenoxy) is 8. The summed E-state index contributed by atoms with van der Waals surface area (Å²) in [5.41, 5.74) is 12.4. The number of benzene rings is 3. The molecule has 2 N–H and O–H groups in total. The van der Waals surface area contributed by atoms with Crippen LogP contribution in [0.5, 0.6) is 0 Å². The molecule has 10 atom stereocenters. The fourth-order valence-corrected chi connectivity index (χ4v) is 7.14. The molecule has 5 rings (SSSR count). The van der Waals surface area contributed by atoms with Crippen molar-refractivity contribution in [3.63, 3.8) is 0 Å². The summed E-state index contributed by atoms with van der Waals surface area (Å²) in [6, 6.07) is 25.0. The predicted octanol–water partition coefficient (Wildman–Crippen LogP) is 7.00. The Kier molecular flexibility index (Phi) is 20.8. The number of hydrogen-bond donors (Lipinski definition) is 2. The molecule has 3 aromatic rings. The Bertz CT molecular complexity index is 1960. The molecular weight excluding hydrogens is 895 g/mol. The average molecular weight is 948 g/mol. The molecule has 0 unspecified atom stereocenters. The highest BCUT2D eigenvalue weighted by atomic mass is 35.6. The zero-order valence-electron chi connectivity index (χ0n) is 35.2. The van der Waals surface area contributed by atoms with Crippen LogP contribution in [0.15, 0.2) is 109 Å². The first-order valence-electron chi connectivity index (χ1n) is 20.7. The lowest BCUT2D eigenvalue weighted by molar-refractivity contribution is -0.335. The Morgan fingerprint density at radius 1 is 0.812 bits per heavy atom. The summed E-state index contributed by atoms with van der Waals surface area (Å²) >= 11 is 18.1. The van der Waals surface area contributed by atoms with Gasteiger partial charge in [-0.2, -0.15) is 0 Å². The predicted molar refractivity (Wildman–Crippen MR) is 236 cm³/mol. The minimum absolute atomic E-state index is 0.000782. The van der Waals surface area contributed by atoms with E-state index in [2.05, 4.69) is 21.9 Å². The number of aliphatic hydroxyl groups is 1. The fourth-order valence-electron chi connectivity index (χ4n) is 6.97. The largest absolute Gasteiger partial charge is 0.457 e. The number of allylic oxidation sites excluding steroid dienone is 1. The number of nitrogens with one attached hydrogen (secondary N) is 1. The second-order valence-corrected chi connectivity index (χ2v) is 17.4. The molecule has 2 aliphatic rings. The molecule has 2 heterocycles. The second kappa shape index (κ2) is 26.1. The van der Waals surface area contributed by atoms with Crippen molar-refractivity contribution in [2.24, 2.45) is 5.11 Å². The van der Waals surface area contributed by atoms with Gasteiger partial charge in [-0.15, -0.1) is 6.58 Å². The first kappa shape index (κ1) is 50.9. The fraction of sp³-hybridized carbons (Fsp3) is 0.489. The third kappa shape index (κ3) is 15.8. The number of aliphatic hydroxyl groups excluding tert-OH is 1. The van der Waals surface area contributed by atoms with Crippen molar-refractivity contribution in [2.75, 3.05) is 19.8 Å². The minimum atomic E-state index is -2.49. The number of ketones is 1. The average Bonchev–Trinajstić information content (AvgIpc) is 3.28. The van der Waals surface area contributed by atoms with E-state index in [0.29, 0.717) is 12.8 Å². The van der Waals surface area contributed by atoms with Crippen LogP contribution in [0.3, 0.4) is 0 Å². The van der Waals surface area contributed by atoms with Gasteiger partial charge in [0.1, 0.15) is 42.3 Å². The lowest BCUT2D eigenvalue weighted by Crippen LogP contribution is -2.69. The second-order valence-electron chi connectivity index (χ2n) is 15.1. The smallest absolute Gasteiger partial charge is 0.306 e. The maximum absolute atomic E-state index is 13.7. The van der Waals surface area contributed by atoms with Crippen LogP contribution >= 0.6 is 34.8 Å². The first-order chi connectivity index (χ1) is 30.9. The Morgan fingerprint density at radius 3 is 1.92 bits per heavy atom. The van der Waals surface area contributed by atoms with Crippen molar-refractivity contribution in [1.29, 1.82) is 0 Å². The van der Waals surface area contributed by atoms with Crippen molar-refractivity contribution >= 4 is 52.5 Å². The van der Waals surface area contributed by atoms with E-state index in [1.165, 1.54) is 6.92 Å². The van der Waals surface area contributed by atoms with E-state index in [4.69, 9.17) is 72.7 Å². The number of halogens is 3. The molecule has 19 heteroatoms. The number of azide groups is 1. The van der Waals surface area contributed by atoms with Gasteiger partial charge in [-0.1, -0.05) is 137 Å². The summed E-state index contributed by atoms with van der Waals surface area (Å²) in [5.74, 6) is -2.23. The molecule has 0 spiro atoms. The number of carbonyl (C=O) groups excluding carboxylic acids is 3. The van der Waals surface area contributed by atoms with Crippen LogP contribution < -0.4 is 5.32 Å². The number of nitrogens with zero attached hydrogens (tertiary/aromatic N) is 3. The molecule has 0 bridgehead atoms. The van der Waals surface area contributed by atoms with E-state index < -0.39 is 77.0 Å². The topological polar surface area (TPSA) is 206 Å². The van der Waals surface area contributed by atoms with E-state index >= 15 is 0 Å². The third-order valence-corrected chi connectivity index (χ3v) is 10.7. The highest BCUT2D eigenvalue weighted by Crippen LogP contribution is 2.35. The van der Waals surface area contributed by atoms with Crippen LogP contribution in [0.25, 0.3) is 10.4 Å². The number of amides is 1. The van der Waals surface area contributed by atoms with Crippen molar-refractivity contribution in [2.45, 2.75) is 118 Å². The molecule has 16 nitrogen and oxygen atoms in total. The molecule has 3 aromatic carbocycles. The van der Waals surface area contributed by atoms with Gasteiger partial charge in [0.15, 0.2) is 18.7 Å². The molecule has 0 radical (unpaired) electrons. The maximum Gasteiger partial charge on any atom is 0.306 e. The van der Waals surface area contributed by atoms with E-state index in [1.54, 1.807) is 6.08 Å². The SMILES string of the molecule is C=CCCCO[C@@H]1O[C@H](COCc2ccccc2)[C@@H](O[C@@H]2O[C@H](COCc3ccccc3)[C@@H](O)[C@H](OCc3ccccc3)[C@@H]2N=[N+]=[N-])[C@H](OC(=O)CCC(C)=O)[C@H]1NC(=O)C(Cl)(Cl)Cl. The highest BCUT2D eigenvalue weighted by molar-refractivity contribution is 6.76. The van der Waals surface area contributed by atoms with Crippen molar-refractivity contribution in [3.05, 3.63) is 131 Å². The summed E-state index contributed by atoms with van der Waals surface area (Å²) < 4.78 is 48.0. The van der Waals surface area contributed by atoms with E-state index in [9.17, 15) is 25.0 Å². The van der Waals surface area contributed by atoms with E-state index in [1.807, 2.05) is 91.0 Å². The minimum Gasteiger partial charge on any atom is -0.457 e. The normalized spacial score (nSPS) is 25.7. The van der Waals surface area contributed by atoms with Crippen LogP contribution in [-0.2, 0) is 72.1 Å². The van der Waals surface area contributed by atoms with Gasteiger partial charge in [0.25, 0.3) is 9.70 Å². The van der Waals surface area contributed by atoms with E-state index in [-0.39, 0.29) is 58.3 Å². The lowest BCUT2D eigenvalue weighted by atomic mass is 9.94. The first-order valence-corrected chi connectivity index (χ1v) is 21.9. The summed E-state index contributed by atoms with van der Waals surface area (Å²) in [5, 5.41) is 18.4. The van der Waals surface area contributed by atoms with Crippen LogP contribution in [0.1, 0.15) is 49.3 Å². The molecule has 2 aliphatic heterocycles. The monoisotopic (exact) mass is 946 g/mol. The van der Waals surface area contributed by atoms with Crippen LogP contribution in [0.2, 0.25) is 0 Å². The highest BCUT2D eigenvalue weighted by Gasteiger charge is 2.55. The van der Waals surface area contributed by atoms with Gasteiger partial charge < -0.3 is 53.1 Å². The van der Waals surface area contributed by atoms with E-state index in [0.717, 1.165) is 16.7 Å². The number of unbranched alkanes of at least 4 members (excludes halogenated alkanes) is 1. The van der Waals surface area contributed by atoms with Crippen molar-refractivity contribution in [1.82, 2.24) is 5.32 Å². The summed E-state index contributed by atoms with van der Waals surface area (Å²) in [7, 11) is 0. The molecule has 0 saturated carbocycles. The number of rotatable bonds is 24. The van der Waals surface area contributed by atoms with Crippen molar-refractivity contribution in [3.8, 4) is 0 Å². The summed E-state index contributed by atoms with van der Waals surface area (Å²) in [6.45, 7) is 5.09. The van der Waals surface area contributed by atoms with Gasteiger partial charge in [-0.05, 0) is 42.0 Å². The zero-order valence-corrected chi connectivity index (χ0v) is 37.5. The maximum atomic E-state index is 13.7. The number of Topliss-reactive ketones (excluding diaryl/α,β-unsaturated/α-hetero) is 1. The van der Waals surface area contributed by atoms with Gasteiger partial charge in [0.2, 0.25) is 0 Å². The molecular formula is C45H53Cl3N4O12. The molecule has 2 fully saturated rings. The Morgan fingerprint density at radius 2 is 1.38 bits per heavy atom. The third-order valence-electron chi connectivity index (χ3n) is 10.2. The molecule has 0 aromatic heterocycles. The summed E-state index contributed by atoms with van der Waals surface area (Å²) in [6.07, 6.45) is -8.55. The van der Waals surface area contributed by atoms with Crippen LogP contribution in [0.4, 0.5) is 0 Å². The lowest BCUT2D eigenvalue weighted by Gasteiger charge is -2.49. The van der Waals surface area contributed by atoms with Gasteiger partial charge >= 0.3 is 5.97 Å². The van der Waals surface area contributed by atoms with Gasteiger partial charge in [-0.25, -0.2) is 0 Å². The molecule has 1 amide bonds. The summed E-state index contributed by atoms with van der Waals surface area (Å²) in [4.78, 5) is 42.1. The number of esters is 1. The zero-order chi connectivity index (χ0) is 45.9. The Hall–Kier alpha value is -4.13. The molecule has 346 valence electrons. The van der Waals surface area contributed by atoms with Gasteiger partial charge in [0.05, 0.1) is 52.2 Å². The van der Waals surface area contributed by atoms with Crippen LogP contribution in [-0.4, -0.2) is 108 Å². The molecule has 64 heavy (non-hydrogen) atoms. The molecule has 2 saturated heterocycles.